The second-order valence-electron chi connectivity index (χ2n) is 2.68. The normalized spacial score (nSPS) is 17.5. The van der Waals surface area contributed by atoms with Crippen LogP contribution in [0.15, 0.2) is 41.4 Å². The topological polar surface area (TPSA) is 38.7 Å². The molecule has 14 heavy (non-hydrogen) atoms. The number of nitrogens with zero attached hydrogens (tertiary/aromatic N) is 1. The molecule has 1 aliphatic rings. The van der Waals surface area contributed by atoms with Gasteiger partial charge in [0.05, 0.1) is 5.69 Å². The third-order valence-electron chi connectivity index (χ3n) is 1.63. The number of hydrogen-bond donors (Lipinski definition) is 0. The Kier molecular flexibility index (Phi) is 2.33. The Morgan fingerprint density at radius 2 is 1.86 bits per heavy atom. The second-order valence-corrected chi connectivity index (χ2v) is 3.12. The van der Waals surface area contributed by atoms with Crippen LogP contribution >= 0.6 is 11.6 Å². The molecular formula is C10H6ClNO2. The second kappa shape index (κ2) is 3.64. The molecule has 70 valence electrons. The lowest BCUT2D eigenvalue weighted by Crippen LogP contribution is -1.98. The Hall–Kier alpha value is -1.61. The molecule has 0 fully saturated rings. The van der Waals surface area contributed by atoms with Gasteiger partial charge in [-0.25, -0.2) is 9.79 Å². The molecule has 0 aromatic heterocycles. The maximum absolute atomic E-state index is 10.7. The fourth-order valence-electron chi connectivity index (χ4n) is 1.01. The zero-order valence-corrected chi connectivity index (χ0v) is 7.86. The predicted molar refractivity (Wildman–Crippen MR) is 53.8 cm³/mol. The van der Waals surface area contributed by atoms with Crippen molar-refractivity contribution >= 4 is 29.2 Å². The number of halogens is 1. The number of rotatable bonds is 1. The van der Waals surface area contributed by atoms with Crippen molar-refractivity contribution in [1.82, 2.24) is 0 Å². The van der Waals surface area contributed by atoms with Gasteiger partial charge in [0.15, 0.2) is 0 Å². The summed E-state index contributed by atoms with van der Waals surface area (Å²) in [7, 11) is 0. The maximum atomic E-state index is 10.7. The van der Waals surface area contributed by atoms with Crippen LogP contribution in [-0.2, 0) is 9.53 Å². The van der Waals surface area contributed by atoms with Gasteiger partial charge in [0, 0.05) is 17.2 Å². The minimum atomic E-state index is -0.391. The van der Waals surface area contributed by atoms with Crippen LogP contribution in [0.4, 0.5) is 5.69 Å². The Morgan fingerprint density at radius 1 is 1.14 bits per heavy atom. The van der Waals surface area contributed by atoms with Crippen LogP contribution in [0.5, 0.6) is 0 Å². The molecule has 0 bridgehead atoms. The quantitative estimate of drug-likeness (QED) is 0.664. The van der Waals surface area contributed by atoms with Crippen molar-refractivity contribution in [2.75, 3.05) is 0 Å². The molecule has 1 heterocycles. The van der Waals surface area contributed by atoms with E-state index in [2.05, 4.69) is 4.99 Å². The number of cyclic esters (lactones) is 1. The van der Waals surface area contributed by atoms with Gasteiger partial charge in [-0.3, -0.25) is 0 Å². The summed E-state index contributed by atoms with van der Waals surface area (Å²) in [5.74, 6) is -0.0879. The van der Waals surface area contributed by atoms with E-state index >= 15 is 0 Å². The molecule has 0 saturated heterocycles. The first kappa shape index (κ1) is 8.97. The number of benzene rings is 1. The summed E-state index contributed by atoms with van der Waals surface area (Å²) in [6.45, 7) is 0. The zero-order valence-electron chi connectivity index (χ0n) is 7.11. The van der Waals surface area contributed by atoms with Gasteiger partial charge in [-0.2, -0.15) is 0 Å². The van der Waals surface area contributed by atoms with Gasteiger partial charge in [-0.1, -0.05) is 11.6 Å². The number of hydrogen-bond acceptors (Lipinski definition) is 3. The van der Waals surface area contributed by atoms with Gasteiger partial charge < -0.3 is 4.74 Å². The van der Waals surface area contributed by atoms with Crippen molar-refractivity contribution in [3.63, 3.8) is 0 Å². The Labute approximate surface area is 85.7 Å². The van der Waals surface area contributed by atoms with E-state index in [0.717, 1.165) is 0 Å². The Bertz CT molecular complexity index is 420. The molecule has 2 rings (SSSR count). The number of ether oxygens (including phenoxy) is 1. The molecule has 1 aliphatic heterocycles. The lowest BCUT2D eigenvalue weighted by molar-refractivity contribution is -0.129. The van der Waals surface area contributed by atoms with E-state index in [0.29, 0.717) is 16.6 Å². The van der Waals surface area contributed by atoms with E-state index in [4.69, 9.17) is 16.3 Å². The summed E-state index contributed by atoms with van der Waals surface area (Å²) in [5, 5.41) is 0.646. The first-order valence-corrected chi connectivity index (χ1v) is 4.36. The minimum absolute atomic E-state index is 0.303. The van der Waals surface area contributed by atoms with Crippen molar-refractivity contribution < 1.29 is 9.53 Å². The molecule has 0 amide bonds. The molecule has 0 spiro atoms. The van der Waals surface area contributed by atoms with Crippen LogP contribution in [0.3, 0.4) is 0 Å². The van der Waals surface area contributed by atoms with Gasteiger partial charge in [-0.05, 0) is 24.3 Å². The Morgan fingerprint density at radius 3 is 2.43 bits per heavy atom. The van der Waals surface area contributed by atoms with Gasteiger partial charge in [0.2, 0.25) is 5.90 Å². The molecule has 4 heteroatoms. The zero-order chi connectivity index (χ0) is 9.97. The third kappa shape index (κ3) is 2.00. The van der Waals surface area contributed by atoms with Crippen LogP contribution in [-0.4, -0.2) is 11.9 Å². The number of aliphatic imine (C=N–C) groups is 1. The highest BCUT2D eigenvalue weighted by atomic mass is 35.5. The van der Waals surface area contributed by atoms with E-state index in [1.807, 2.05) is 0 Å². The number of carbonyl (C=O) groups excluding carboxylic acids is 1. The predicted octanol–water partition coefficient (Wildman–Crippen LogP) is 2.48. The Balaban J connectivity index is 2.22. The summed E-state index contributed by atoms with van der Waals surface area (Å²) in [6, 6.07) is 6.94. The van der Waals surface area contributed by atoms with E-state index < -0.39 is 5.97 Å². The summed E-state index contributed by atoms with van der Waals surface area (Å²) < 4.78 is 4.76. The molecule has 0 saturated carbocycles. The third-order valence-corrected chi connectivity index (χ3v) is 1.89. The molecule has 0 unspecified atom stereocenters. The largest absolute Gasteiger partial charge is 0.404 e. The fraction of sp³-hybridized carbons (Fsp3) is 0. The molecule has 1 aromatic carbocycles. The SMILES string of the molecule is O=C1C=CC(=Nc2ccc(Cl)cc2)O1. The lowest BCUT2D eigenvalue weighted by Gasteiger charge is -1.96. The standard InChI is InChI=1S/C10H6ClNO2/c11-7-1-3-8(4-2-7)12-9-5-6-10(13)14-9/h1-6H. The maximum Gasteiger partial charge on any atom is 0.337 e. The van der Waals surface area contributed by atoms with Gasteiger partial charge in [-0.15, -0.1) is 0 Å². The molecule has 0 N–H and O–H groups in total. The monoisotopic (exact) mass is 207 g/mol. The van der Waals surface area contributed by atoms with Crippen molar-refractivity contribution in [2.24, 2.45) is 4.99 Å². The number of esters is 1. The van der Waals surface area contributed by atoms with Crippen LogP contribution in [0, 0.1) is 0 Å². The highest BCUT2D eigenvalue weighted by molar-refractivity contribution is 6.30. The average molecular weight is 208 g/mol. The van der Waals surface area contributed by atoms with E-state index in [-0.39, 0.29) is 0 Å². The number of carbonyl (C=O) groups is 1. The molecular weight excluding hydrogens is 202 g/mol. The lowest BCUT2D eigenvalue weighted by atomic mass is 10.3. The first-order valence-electron chi connectivity index (χ1n) is 3.98. The summed E-state index contributed by atoms with van der Waals surface area (Å²) in [4.78, 5) is 14.8. The molecule has 0 radical (unpaired) electrons. The smallest absolute Gasteiger partial charge is 0.337 e. The average Bonchev–Trinajstić information content (AvgIpc) is 2.56. The van der Waals surface area contributed by atoms with Crippen molar-refractivity contribution in [1.29, 1.82) is 0 Å². The summed E-state index contributed by atoms with van der Waals surface area (Å²) >= 11 is 5.70. The van der Waals surface area contributed by atoms with E-state index in [1.54, 1.807) is 24.3 Å². The van der Waals surface area contributed by atoms with Crippen molar-refractivity contribution in [3.8, 4) is 0 Å². The van der Waals surface area contributed by atoms with Crippen molar-refractivity contribution in [3.05, 3.63) is 41.4 Å². The minimum Gasteiger partial charge on any atom is -0.404 e. The highest BCUT2D eigenvalue weighted by Gasteiger charge is 2.10. The van der Waals surface area contributed by atoms with Crippen molar-refractivity contribution in [2.45, 2.75) is 0 Å². The van der Waals surface area contributed by atoms with Crippen LogP contribution in [0.25, 0.3) is 0 Å². The molecule has 1 aromatic rings. The fourth-order valence-corrected chi connectivity index (χ4v) is 1.14. The highest BCUT2D eigenvalue weighted by Crippen LogP contribution is 2.17. The summed E-state index contributed by atoms with van der Waals surface area (Å²) in [5.41, 5.74) is 0.698. The molecule has 0 atom stereocenters. The van der Waals surface area contributed by atoms with E-state index in [1.165, 1.54) is 12.2 Å². The summed E-state index contributed by atoms with van der Waals surface area (Å²) in [6.07, 6.45) is 2.85. The van der Waals surface area contributed by atoms with Gasteiger partial charge in [0.25, 0.3) is 0 Å². The molecule has 3 nitrogen and oxygen atoms in total. The van der Waals surface area contributed by atoms with Crippen LogP contribution < -0.4 is 0 Å². The van der Waals surface area contributed by atoms with Crippen LogP contribution in [0.2, 0.25) is 5.02 Å². The first-order chi connectivity index (χ1) is 6.74. The van der Waals surface area contributed by atoms with E-state index in [9.17, 15) is 4.79 Å². The van der Waals surface area contributed by atoms with Crippen LogP contribution in [0.1, 0.15) is 0 Å². The molecule has 0 aliphatic carbocycles. The van der Waals surface area contributed by atoms with Gasteiger partial charge in [0.1, 0.15) is 0 Å². The van der Waals surface area contributed by atoms with Gasteiger partial charge >= 0.3 is 5.97 Å².